The minimum Gasteiger partial charge on any atom is -0.396 e. The van der Waals surface area contributed by atoms with Gasteiger partial charge in [-0.2, -0.15) is 0 Å². The Morgan fingerprint density at radius 3 is 2.11 bits per heavy atom. The van der Waals surface area contributed by atoms with Gasteiger partial charge in [0.2, 0.25) is 0 Å². The Labute approximate surface area is 58.1 Å². The van der Waals surface area contributed by atoms with Gasteiger partial charge in [-0.25, -0.2) is 0 Å². The number of hydrogen-bond acceptors (Lipinski definition) is 1. The molecular weight excluding hydrogens is 112 g/mol. The first-order valence-electron chi connectivity index (χ1n) is 3.62. The lowest BCUT2D eigenvalue weighted by atomic mass is 9.91. The fourth-order valence-electron chi connectivity index (χ4n) is 0.977. The summed E-state index contributed by atoms with van der Waals surface area (Å²) >= 11 is 0. The van der Waals surface area contributed by atoms with E-state index in [0.29, 0.717) is 18.4 Å². The maximum atomic E-state index is 8.59. The monoisotopic (exact) mass is 129 g/mol. The molecular formula is C8H17O. The van der Waals surface area contributed by atoms with Gasteiger partial charge in [0.15, 0.2) is 0 Å². The van der Waals surface area contributed by atoms with Gasteiger partial charge in [-0.05, 0) is 18.3 Å². The van der Waals surface area contributed by atoms with Crippen LogP contribution in [0, 0.1) is 18.8 Å². The van der Waals surface area contributed by atoms with Crippen molar-refractivity contribution in [3.63, 3.8) is 0 Å². The summed E-state index contributed by atoms with van der Waals surface area (Å²) < 4.78 is 0. The molecule has 0 amide bonds. The second-order valence-electron chi connectivity index (χ2n) is 2.81. The van der Waals surface area contributed by atoms with Crippen molar-refractivity contribution < 1.29 is 5.11 Å². The summed E-state index contributed by atoms with van der Waals surface area (Å²) in [6.45, 7) is 8.46. The molecule has 0 aliphatic rings. The average molecular weight is 129 g/mol. The Hall–Kier alpha value is -0.0400. The summed E-state index contributed by atoms with van der Waals surface area (Å²) in [4.78, 5) is 0. The van der Waals surface area contributed by atoms with Gasteiger partial charge in [0.1, 0.15) is 0 Å². The van der Waals surface area contributed by atoms with E-state index in [4.69, 9.17) is 5.11 Å². The van der Waals surface area contributed by atoms with Gasteiger partial charge >= 0.3 is 0 Å². The molecule has 9 heavy (non-hydrogen) atoms. The van der Waals surface area contributed by atoms with Crippen molar-refractivity contribution in [3.8, 4) is 0 Å². The molecule has 0 aromatic rings. The van der Waals surface area contributed by atoms with Crippen LogP contribution in [0.5, 0.6) is 0 Å². The van der Waals surface area contributed by atoms with E-state index >= 15 is 0 Å². The zero-order valence-electron chi connectivity index (χ0n) is 6.43. The van der Waals surface area contributed by atoms with Gasteiger partial charge in [0.25, 0.3) is 0 Å². The van der Waals surface area contributed by atoms with Crippen molar-refractivity contribution in [1.82, 2.24) is 0 Å². The molecule has 1 unspecified atom stereocenters. The van der Waals surface area contributed by atoms with Gasteiger partial charge in [0.05, 0.1) is 0 Å². The molecule has 0 saturated heterocycles. The number of rotatable bonds is 4. The molecule has 0 spiro atoms. The predicted octanol–water partition coefficient (Wildman–Crippen LogP) is 1.87. The number of hydrogen-bond donors (Lipinski definition) is 1. The van der Waals surface area contributed by atoms with Gasteiger partial charge in [-0.15, -0.1) is 0 Å². The Morgan fingerprint density at radius 2 is 2.00 bits per heavy atom. The first-order valence-corrected chi connectivity index (χ1v) is 3.62. The highest BCUT2D eigenvalue weighted by molar-refractivity contribution is 4.63. The van der Waals surface area contributed by atoms with Crippen molar-refractivity contribution >= 4 is 0 Å². The Kier molecular flexibility index (Phi) is 4.78. The van der Waals surface area contributed by atoms with Crippen molar-refractivity contribution in [1.29, 1.82) is 0 Å². The van der Waals surface area contributed by atoms with Crippen LogP contribution in [-0.4, -0.2) is 11.7 Å². The first kappa shape index (κ1) is 8.96. The van der Waals surface area contributed by atoms with Crippen LogP contribution in [0.15, 0.2) is 0 Å². The lowest BCUT2D eigenvalue weighted by Crippen LogP contribution is -2.08. The molecule has 0 saturated carbocycles. The average Bonchev–Trinajstić information content (AvgIpc) is 1.82. The van der Waals surface area contributed by atoms with Gasteiger partial charge in [-0.1, -0.05) is 27.2 Å². The predicted molar refractivity (Wildman–Crippen MR) is 40.0 cm³/mol. The van der Waals surface area contributed by atoms with Gasteiger partial charge in [0, 0.05) is 6.61 Å². The third-order valence-electron chi connectivity index (χ3n) is 1.81. The summed E-state index contributed by atoms with van der Waals surface area (Å²) in [6.07, 6.45) is 1.85. The van der Waals surface area contributed by atoms with Crippen molar-refractivity contribution in [2.45, 2.75) is 26.7 Å². The molecule has 55 valence electrons. The highest BCUT2D eigenvalue weighted by Crippen LogP contribution is 2.17. The molecule has 0 heterocycles. The summed E-state index contributed by atoms with van der Waals surface area (Å²) in [5, 5.41) is 8.59. The van der Waals surface area contributed by atoms with Crippen LogP contribution in [-0.2, 0) is 0 Å². The quantitative estimate of drug-likeness (QED) is 0.614. The molecule has 1 radical (unpaired) electrons. The van der Waals surface area contributed by atoms with E-state index in [1.165, 1.54) is 0 Å². The Bertz CT molecular complexity index is 59.6. The Morgan fingerprint density at radius 1 is 1.44 bits per heavy atom. The summed E-state index contributed by atoms with van der Waals surface area (Å²) in [5.74, 6) is 1.27. The van der Waals surface area contributed by atoms with E-state index in [1.54, 1.807) is 0 Å². The highest BCUT2D eigenvalue weighted by atomic mass is 16.3. The van der Waals surface area contributed by atoms with E-state index in [2.05, 4.69) is 20.8 Å². The zero-order chi connectivity index (χ0) is 7.28. The maximum Gasteiger partial charge on any atom is 0.0433 e. The number of aliphatic hydroxyl groups is 1. The summed E-state index contributed by atoms with van der Waals surface area (Å²) in [7, 11) is 0. The third-order valence-corrected chi connectivity index (χ3v) is 1.81. The molecule has 0 aromatic carbocycles. The fourth-order valence-corrected chi connectivity index (χ4v) is 0.977. The molecule has 0 fully saturated rings. The van der Waals surface area contributed by atoms with E-state index in [1.807, 2.05) is 0 Å². The molecule has 0 aromatic heterocycles. The zero-order valence-corrected chi connectivity index (χ0v) is 6.43. The van der Waals surface area contributed by atoms with E-state index in [0.717, 1.165) is 12.8 Å². The molecule has 1 atom stereocenters. The fraction of sp³-hybridized carbons (Fsp3) is 0.875. The first-order chi connectivity index (χ1) is 4.22. The van der Waals surface area contributed by atoms with Crippen LogP contribution in [0.3, 0.4) is 0 Å². The second kappa shape index (κ2) is 4.80. The van der Waals surface area contributed by atoms with E-state index < -0.39 is 0 Å². The van der Waals surface area contributed by atoms with Crippen LogP contribution in [0.25, 0.3) is 0 Å². The largest absolute Gasteiger partial charge is 0.396 e. The highest BCUT2D eigenvalue weighted by Gasteiger charge is 2.08. The van der Waals surface area contributed by atoms with Crippen molar-refractivity contribution in [2.75, 3.05) is 6.61 Å². The van der Waals surface area contributed by atoms with Crippen LogP contribution in [0.2, 0.25) is 0 Å². The van der Waals surface area contributed by atoms with Crippen LogP contribution >= 0.6 is 0 Å². The molecule has 1 N–H and O–H groups in total. The lowest BCUT2D eigenvalue weighted by molar-refractivity contribution is 0.232. The molecule has 0 aliphatic carbocycles. The third kappa shape index (κ3) is 3.52. The Balaban J connectivity index is 3.41. The van der Waals surface area contributed by atoms with E-state index in [9.17, 15) is 0 Å². The topological polar surface area (TPSA) is 20.2 Å². The maximum absolute atomic E-state index is 8.59. The van der Waals surface area contributed by atoms with Crippen LogP contribution < -0.4 is 0 Å². The van der Waals surface area contributed by atoms with Gasteiger partial charge in [-0.3, -0.25) is 0 Å². The number of aliphatic hydroxyl groups excluding tert-OH is 1. The van der Waals surface area contributed by atoms with Crippen LogP contribution in [0.1, 0.15) is 26.7 Å². The van der Waals surface area contributed by atoms with E-state index in [-0.39, 0.29) is 0 Å². The molecule has 0 bridgehead atoms. The van der Waals surface area contributed by atoms with Crippen molar-refractivity contribution in [2.24, 2.45) is 11.8 Å². The van der Waals surface area contributed by atoms with Crippen molar-refractivity contribution in [3.05, 3.63) is 6.92 Å². The molecule has 0 aliphatic heterocycles. The van der Waals surface area contributed by atoms with Crippen LogP contribution in [0.4, 0.5) is 0 Å². The second-order valence-corrected chi connectivity index (χ2v) is 2.81. The SMILES string of the molecule is [CH2]CC(CCO)C(C)C. The molecule has 0 rings (SSSR count). The minimum atomic E-state index is 0.304. The standard InChI is InChI=1S/C8H17O/c1-4-8(5-6-9)7(2)3/h7-9H,1,4-6H2,2-3H3. The normalized spacial score (nSPS) is 14.3. The van der Waals surface area contributed by atoms with Gasteiger partial charge < -0.3 is 5.11 Å². The lowest BCUT2D eigenvalue weighted by Gasteiger charge is -2.16. The molecule has 1 nitrogen and oxygen atoms in total. The molecule has 1 heteroatoms. The minimum absolute atomic E-state index is 0.304. The smallest absolute Gasteiger partial charge is 0.0433 e. The summed E-state index contributed by atoms with van der Waals surface area (Å²) in [5.41, 5.74) is 0. The summed E-state index contributed by atoms with van der Waals surface area (Å²) in [6, 6.07) is 0.